The van der Waals surface area contributed by atoms with Crippen LogP contribution in [0.4, 0.5) is 0 Å². The molecule has 0 atom stereocenters. The molecule has 0 bridgehead atoms. The molecule has 190 valence electrons. The van der Waals surface area contributed by atoms with Crippen LogP contribution in [0.25, 0.3) is 0 Å². The van der Waals surface area contributed by atoms with E-state index in [1.165, 1.54) is 116 Å². The zero-order chi connectivity index (χ0) is 23.5. The molecule has 0 aromatic heterocycles. The van der Waals surface area contributed by atoms with Gasteiger partial charge in [0.15, 0.2) is 0 Å². The van der Waals surface area contributed by atoms with E-state index < -0.39 is 10.4 Å². The van der Waals surface area contributed by atoms with E-state index in [1.807, 2.05) is 0 Å². The molecule has 0 heterocycles. The summed E-state index contributed by atoms with van der Waals surface area (Å²) >= 11 is 0. The Hall–Kier alpha value is 0.870. The fraction of sp³-hybridized carbons (Fsp3) is 0.962. The van der Waals surface area contributed by atoms with E-state index in [-0.39, 0.29) is 36.2 Å². The number of hydrogen-bond acceptors (Lipinski definition) is 3. The summed E-state index contributed by atoms with van der Waals surface area (Å²) in [4.78, 5) is 0. The van der Waals surface area contributed by atoms with E-state index in [9.17, 15) is 8.42 Å². The first-order valence-corrected chi connectivity index (χ1v) is 14.8. The van der Waals surface area contributed by atoms with Gasteiger partial charge in [0.05, 0.1) is 6.61 Å². The summed E-state index contributed by atoms with van der Waals surface area (Å²) < 4.78 is 33.0. The van der Waals surface area contributed by atoms with Crippen molar-refractivity contribution in [1.29, 1.82) is 0 Å². The summed E-state index contributed by atoms with van der Waals surface area (Å²) in [7, 11) is -4.23. The predicted octanol–water partition coefficient (Wildman–Crippen LogP) is 6.25. The normalized spacial score (nSPS) is 11.0. The monoisotopic (exact) mass is 486 g/mol. The van der Waals surface area contributed by atoms with Crippen LogP contribution in [0.15, 0.2) is 0 Å². The van der Waals surface area contributed by atoms with Gasteiger partial charge in [-0.25, -0.2) is 4.18 Å². The molecule has 0 fully saturated rings. The van der Waals surface area contributed by atoms with Gasteiger partial charge in [0.1, 0.15) is 0 Å². The van der Waals surface area contributed by atoms with E-state index in [1.54, 1.807) is 0 Å². The second kappa shape index (κ2) is 31.9. The third-order valence-corrected chi connectivity index (χ3v) is 6.05. The van der Waals surface area contributed by atoms with Crippen LogP contribution in [0.2, 0.25) is 0 Å². The Kier molecular flexibility index (Phi) is 37.3. The van der Waals surface area contributed by atoms with Gasteiger partial charge >= 0.3 is 40.0 Å². The standard InChI is InChI=1S/C14H29.C12H26O4S.Na/c1-3-5-7-9-11-13-14-12-10-8-6-4-2;1-2-3-4-5-6-7-8-9-10-11-12-16-17(13,14)15;/h1,3-14H2,2H3;2-12H2,1H3,(H,13,14,15);/q-1;;+1. The van der Waals surface area contributed by atoms with Gasteiger partial charge in [-0.05, 0) is 6.42 Å². The third kappa shape index (κ3) is 41.2. The van der Waals surface area contributed by atoms with Crippen molar-refractivity contribution in [2.24, 2.45) is 0 Å². The van der Waals surface area contributed by atoms with Crippen molar-refractivity contribution in [3.8, 4) is 0 Å². The Morgan fingerprint density at radius 3 is 1.12 bits per heavy atom. The SMILES string of the molecule is CCCCCCCCCCCCOS(=O)(=O)O.[CH2-]CCCCCCCCCCCCC.[Na+]. The molecule has 0 saturated heterocycles. The van der Waals surface area contributed by atoms with Crippen molar-refractivity contribution in [3.05, 3.63) is 6.92 Å². The quantitative estimate of drug-likeness (QED) is 0.0802. The van der Waals surface area contributed by atoms with E-state index >= 15 is 0 Å². The first-order chi connectivity index (χ1) is 15.0. The van der Waals surface area contributed by atoms with Crippen LogP contribution < -0.4 is 29.6 Å². The smallest absolute Gasteiger partial charge is 0.343 e. The Labute approximate surface area is 224 Å². The molecule has 0 aromatic rings. The number of unbranched alkanes of at least 4 members (excludes halogenated alkanes) is 20. The fourth-order valence-corrected chi connectivity index (χ4v) is 3.92. The average molecular weight is 487 g/mol. The molecule has 0 radical (unpaired) electrons. The molecule has 0 spiro atoms. The molecular formula is C26H55NaO4S. The molecular weight excluding hydrogens is 431 g/mol. The van der Waals surface area contributed by atoms with Crippen molar-refractivity contribution >= 4 is 10.4 Å². The Balaban J connectivity index is -0.000000519. The van der Waals surface area contributed by atoms with Gasteiger partial charge in [0.2, 0.25) is 0 Å². The van der Waals surface area contributed by atoms with Crippen LogP contribution in [0.1, 0.15) is 155 Å². The van der Waals surface area contributed by atoms with Crippen LogP contribution in [-0.2, 0) is 14.6 Å². The van der Waals surface area contributed by atoms with Crippen molar-refractivity contribution in [2.45, 2.75) is 155 Å². The van der Waals surface area contributed by atoms with Crippen molar-refractivity contribution in [2.75, 3.05) is 6.61 Å². The van der Waals surface area contributed by atoms with Gasteiger partial charge in [-0.2, -0.15) is 14.8 Å². The maximum absolute atomic E-state index is 10.2. The summed E-state index contributed by atoms with van der Waals surface area (Å²) in [6.45, 7) is 8.45. The molecule has 4 nitrogen and oxygen atoms in total. The summed E-state index contributed by atoms with van der Waals surface area (Å²) in [5.41, 5.74) is 0. The average Bonchev–Trinajstić information content (AvgIpc) is 2.73. The molecule has 0 amide bonds. The topological polar surface area (TPSA) is 63.6 Å². The molecule has 6 heteroatoms. The first kappa shape index (κ1) is 37.4. The molecule has 0 aromatic carbocycles. The molecule has 0 aliphatic heterocycles. The maximum atomic E-state index is 10.2. The first-order valence-electron chi connectivity index (χ1n) is 13.4. The molecule has 0 saturated carbocycles. The molecule has 0 aliphatic rings. The zero-order valence-electron chi connectivity index (χ0n) is 22.1. The molecule has 0 rings (SSSR count). The number of hydrogen-bond donors (Lipinski definition) is 1. The summed E-state index contributed by atoms with van der Waals surface area (Å²) in [6.07, 6.45) is 28.7. The fourth-order valence-electron chi connectivity index (χ4n) is 3.59. The van der Waals surface area contributed by atoms with Crippen molar-refractivity contribution in [1.82, 2.24) is 0 Å². The van der Waals surface area contributed by atoms with Crippen molar-refractivity contribution < 1.29 is 46.7 Å². The molecule has 0 unspecified atom stereocenters. The van der Waals surface area contributed by atoms with E-state index in [0.717, 1.165) is 19.3 Å². The second-order valence-corrected chi connectivity index (χ2v) is 9.91. The zero-order valence-corrected chi connectivity index (χ0v) is 24.9. The second-order valence-electron chi connectivity index (χ2n) is 8.82. The summed E-state index contributed by atoms with van der Waals surface area (Å²) in [6, 6.07) is 0. The van der Waals surface area contributed by atoms with Gasteiger partial charge in [-0.3, -0.25) is 4.55 Å². The Morgan fingerprint density at radius 1 is 0.562 bits per heavy atom. The van der Waals surface area contributed by atoms with Gasteiger partial charge in [-0.15, -0.1) is 0 Å². The van der Waals surface area contributed by atoms with Gasteiger partial charge < -0.3 is 6.92 Å². The van der Waals surface area contributed by atoms with E-state index in [0.29, 0.717) is 6.42 Å². The largest absolute Gasteiger partial charge is 1.00 e. The van der Waals surface area contributed by atoms with Crippen LogP contribution in [0.5, 0.6) is 0 Å². The minimum Gasteiger partial charge on any atom is -0.343 e. The van der Waals surface area contributed by atoms with Crippen molar-refractivity contribution in [3.63, 3.8) is 0 Å². The molecule has 32 heavy (non-hydrogen) atoms. The minimum atomic E-state index is -4.23. The minimum absolute atomic E-state index is 0. The van der Waals surface area contributed by atoms with E-state index in [4.69, 9.17) is 4.55 Å². The Bertz CT molecular complexity index is 404. The van der Waals surface area contributed by atoms with Crippen LogP contribution in [-0.4, -0.2) is 19.6 Å². The van der Waals surface area contributed by atoms with Crippen LogP contribution >= 0.6 is 0 Å². The van der Waals surface area contributed by atoms with Gasteiger partial charge in [0.25, 0.3) is 0 Å². The van der Waals surface area contributed by atoms with Crippen LogP contribution in [0.3, 0.4) is 0 Å². The number of rotatable bonds is 23. The predicted molar refractivity (Wildman–Crippen MR) is 136 cm³/mol. The third-order valence-electron chi connectivity index (χ3n) is 5.58. The molecule has 1 N–H and O–H groups in total. The summed E-state index contributed by atoms with van der Waals surface area (Å²) in [5, 5.41) is 0. The Morgan fingerprint density at radius 2 is 0.844 bits per heavy atom. The van der Waals surface area contributed by atoms with Crippen LogP contribution in [0, 0.1) is 6.92 Å². The maximum Gasteiger partial charge on any atom is 1.00 e. The summed E-state index contributed by atoms with van der Waals surface area (Å²) in [5.74, 6) is 0. The van der Waals surface area contributed by atoms with Gasteiger partial charge in [0, 0.05) is 0 Å². The van der Waals surface area contributed by atoms with Gasteiger partial charge in [-0.1, -0.05) is 142 Å². The van der Waals surface area contributed by atoms with E-state index in [2.05, 4.69) is 25.0 Å². The molecule has 0 aliphatic carbocycles.